The number of ether oxygens (including phenoxy) is 1. The van der Waals surface area contributed by atoms with E-state index in [0.717, 1.165) is 17.9 Å². The Morgan fingerprint density at radius 3 is 2.70 bits per heavy atom. The predicted octanol–water partition coefficient (Wildman–Crippen LogP) is 4.23. The lowest BCUT2D eigenvalue weighted by Gasteiger charge is -2.18. The minimum absolute atomic E-state index is 0.159. The molecule has 0 amide bonds. The smallest absolute Gasteiger partial charge is 0.138 e. The largest absolute Gasteiger partial charge is 0.489 e. The zero-order valence-electron chi connectivity index (χ0n) is 11.9. The van der Waals surface area contributed by atoms with E-state index in [0.29, 0.717) is 0 Å². The molecule has 0 fully saturated rings. The van der Waals surface area contributed by atoms with Gasteiger partial charge in [-0.25, -0.2) is 0 Å². The van der Waals surface area contributed by atoms with E-state index in [2.05, 4.69) is 57.3 Å². The topological polar surface area (TPSA) is 34.2 Å². The standard InChI is InChI=1S/C15H19IN2OS/c1-4-18-15(12-6-14(16)20-9-12)11-5-13(8-17-7-11)19-10(2)3/h5-10,15,18H,4H2,1-3H3. The summed E-state index contributed by atoms with van der Waals surface area (Å²) in [5.41, 5.74) is 2.42. The van der Waals surface area contributed by atoms with Gasteiger partial charge in [0.2, 0.25) is 0 Å². The number of hydrogen-bond acceptors (Lipinski definition) is 4. The monoisotopic (exact) mass is 402 g/mol. The highest BCUT2D eigenvalue weighted by Crippen LogP contribution is 2.28. The van der Waals surface area contributed by atoms with Crippen LogP contribution in [0.2, 0.25) is 0 Å². The molecule has 0 aliphatic heterocycles. The molecule has 3 nitrogen and oxygen atoms in total. The number of pyridine rings is 1. The third kappa shape index (κ3) is 4.17. The zero-order chi connectivity index (χ0) is 14.5. The maximum Gasteiger partial charge on any atom is 0.138 e. The Morgan fingerprint density at radius 2 is 2.10 bits per heavy atom. The number of rotatable bonds is 6. The fraction of sp³-hybridized carbons (Fsp3) is 0.400. The first-order chi connectivity index (χ1) is 9.60. The van der Waals surface area contributed by atoms with Crippen LogP contribution in [0.25, 0.3) is 0 Å². The van der Waals surface area contributed by atoms with Crippen LogP contribution in [-0.4, -0.2) is 17.6 Å². The molecule has 2 aromatic heterocycles. The summed E-state index contributed by atoms with van der Waals surface area (Å²) in [5.74, 6) is 0.824. The molecular weight excluding hydrogens is 383 g/mol. The molecule has 0 aliphatic rings. The molecule has 5 heteroatoms. The molecule has 0 spiro atoms. The van der Waals surface area contributed by atoms with Crippen LogP contribution < -0.4 is 10.1 Å². The molecule has 2 rings (SSSR count). The summed E-state index contributed by atoms with van der Waals surface area (Å²) in [6, 6.07) is 4.46. The average molecular weight is 402 g/mol. The van der Waals surface area contributed by atoms with Crippen LogP contribution in [0.3, 0.4) is 0 Å². The van der Waals surface area contributed by atoms with Gasteiger partial charge in [-0.05, 0) is 71.6 Å². The first-order valence-electron chi connectivity index (χ1n) is 6.69. The van der Waals surface area contributed by atoms with E-state index in [-0.39, 0.29) is 12.1 Å². The van der Waals surface area contributed by atoms with Gasteiger partial charge in [0, 0.05) is 6.20 Å². The van der Waals surface area contributed by atoms with Gasteiger partial charge in [-0.15, -0.1) is 11.3 Å². The van der Waals surface area contributed by atoms with Crippen LogP contribution in [0.4, 0.5) is 0 Å². The number of nitrogens with zero attached hydrogens (tertiary/aromatic N) is 1. The van der Waals surface area contributed by atoms with Crippen molar-refractivity contribution >= 4 is 33.9 Å². The highest BCUT2D eigenvalue weighted by molar-refractivity contribution is 14.1. The Morgan fingerprint density at radius 1 is 1.30 bits per heavy atom. The van der Waals surface area contributed by atoms with Crippen LogP contribution >= 0.6 is 33.9 Å². The normalized spacial score (nSPS) is 12.7. The fourth-order valence-corrected chi connectivity index (χ4v) is 3.44. The van der Waals surface area contributed by atoms with Crippen molar-refractivity contribution in [1.29, 1.82) is 0 Å². The highest BCUT2D eigenvalue weighted by Gasteiger charge is 2.16. The molecule has 0 radical (unpaired) electrons. The Hall–Kier alpha value is -0.660. The van der Waals surface area contributed by atoms with Gasteiger partial charge >= 0.3 is 0 Å². The molecule has 20 heavy (non-hydrogen) atoms. The van der Waals surface area contributed by atoms with Crippen molar-refractivity contribution in [1.82, 2.24) is 10.3 Å². The van der Waals surface area contributed by atoms with E-state index in [1.165, 1.54) is 8.45 Å². The van der Waals surface area contributed by atoms with E-state index in [4.69, 9.17) is 4.74 Å². The van der Waals surface area contributed by atoms with Crippen molar-refractivity contribution in [3.8, 4) is 5.75 Å². The number of nitrogens with one attached hydrogen (secondary N) is 1. The molecule has 108 valence electrons. The minimum Gasteiger partial charge on any atom is -0.489 e. The predicted molar refractivity (Wildman–Crippen MR) is 92.6 cm³/mol. The van der Waals surface area contributed by atoms with Crippen molar-refractivity contribution in [3.63, 3.8) is 0 Å². The molecule has 0 aliphatic carbocycles. The van der Waals surface area contributed by atoms with E-state index in [9.17, 15) is 0 Å². The lowest BCUT2D eigenvalue weighted by atomic mass is 10.0. The Labute approximate surface area is 137 Å². The third-order valence-electron chi connectivity index (χ3n) is 2.77. The maximum atomic E-state index is 5.74. The van der Waals surface area contributed by atoms with Gasteiger partial charge in [-0.3, -0.25) is 4.98 Å². The lowest BCUT2D eigenvalue weighted by molar-refractivity contribution is 0.241. The van der Waals surface area contributed by atoms with Crippen molar-refractivity contribution in [3.05, 3.63) is 43.9 Å². The summed E-state index contributed by atoms with van der Waals surface area (Å²) in [6.07, 6.45) is 3.83. The third-order valence-corrected chi connectivity index (χ3v) is 4.58. The lowest BCUT2D eigenvalue weighted by Crippen LogP contribution is -2.21. The van der Waals surface area contributed by atoms with Crippen LogP contribution in [0, 0.1) is 2.88 Å². The number of thiophene rings is 1. The van der Waals surface area contributed by atoms with Crippen LogP contribution in [0.15, 0.2) is 29.9 Å². The molecule has 0 saturated carbocycles. The quantitative estimate of drug-likeness (QED) is 0.735. The van der Waals surface area contributed by atoms with E-state index >= 15 is 0 Å². The van der Waals surface area contributed by atoms with Gasteiger partial charge in [-0.2, -0.15) is 0 Å². The molecule has 0 saturated heterocycles. The van der Waals surface area contributed by atoms with Gasteiger partial charge < -0.3 is 10.1 Å². The number of halogens is 1. The van der Waals surface area contributed by atoms with Gasteiger partial charge in [0.15, 0.2) is 0 Å². The molecule has 1 unspecified atom stereocenters. The fourth-order valence-electron chi connectivity index (χ4n) is 2.04. The van der Waals surface area contributed by atoms with Gasteiger partial charge in [0.25, 0.3) is 0 Å². The highest BCUT2D eigenvalue weighted by atomic mass is 127. The van der Waals surface area contributed by atoms with Gasteiger partial charge in [0.05, 0.1) is 21.2 Å². The average Bonchev–Trinajstić information content (AvgIpc) is 2.82. The van der Waals surface area contributed by atoms with Gasteiger partial charge in [0.1, 0.15) is 5.75 Å². The summed E-state index contributed by atoms with van der Waals surface area (Å²) in [4.78, 5) is 4.31. The summed E-state index contributed by atoms with van der Waals surface area (Å²) < 4.78 is 7.03. The first-order valence-corrected chi connectivity index (χ1v) is 8.65. The maximum absolute atomic E-state index is 5.74. The second kappa shape index (κ2) is 7.38. The second-order valence-corrected chi connectivity index (χ2v) is 7.60. The van der Waals surface area contributed by atoms with Crippen molar-refractivity contribution in [2.24, 2.45) is 0 Å². The zero-order valence-corrected chi connectivity index (χ0v) is 14.9. The molecule has 2 heterocycles. The number of hydrogen-bond donors (Lipinski definition) is 1. The summed E-state index contributed by atoms with van der Waals surface area (Å²) in [7, 11) is 0. The molecule has 0 aromatic carbocycles. The van der Waals surface area contributed by atoms with E-state index in [1.54, 1.807) is 17.5 Å². The van der Waals surface area contributed by atoms with E-state index in [1.807, 2.05) is 20.0 Å². The minimum atomic E-state index is 0.159. The summed E-state index contributed by atoms with van der Waals surface area (Å²) in [5, 5.41) is 5.72. The Balaban J connectivity index is 2.29. The van der Waals surface area contributed by atoms with Crippen molar-refractivity contribution in [2.45, 2.75) is 32.9 Å². The Kier molecular flexibility index (Phi) is 5.80. The summed E-state index contributed by atoms with van der Waals surface area (Å²) >= 11 is 4.12. The van der Waals surface area contributed by atoms with Crippen LogP contribution in [-0.2, 0) is 0 Å². The molecule has 1 N–H and O–H groups in total. The molecule has 1 atom stereocenters. The summed E-state index contributed by atoms with van der Waals surface area (Å²) in [6.45, 7) is 7.07. The Bertz CT molecular complexity index is 556. The second-order valence-electron chi connectivity index (χ2n) is 4.80. The van der Waals surface area contributed by atoms with Gasteiger partial charge in [-0.1, -0.05) is 6.92 Å². The molecule has 2 aromatic rings. The SMILES string of the molecule is CCNC(c1cncc(OC(C)C)c1)c1csc(I)c1. The van der Waals surface area contributed by atoms with Crippen LogP contribution in [0.1, 0.15) is 37.9 Å². The van der Waals surface area contributed by atoms with Crippen molar-refractivity contribution in [2.75, 3.05) is 6.54 Å². The first kappa shape index (κ1) is 15.7. The van der Waals surface area contributed by atoms with Crippen molar-refractivity contribution < 1.29 is 4.74 Å². The van der Waals surface area contributed by atoms with E-state index < -0.39 is 0 Å². The molecular formula is C15H19IN2OS. The van der Waals surface area contributed by atoms with Crippen LogP contribution in [0.5, 0.6) is 5.75 Å². The molecule has 0 bridgehead atoms. The number of aromatic nitrogens is 1.